The first-order valence-electron chi connectivity index (χ1n) is 6.47. The number of hydrogen-bond acceptors (Lipinski definition) is 5. The van der Waals surface area contributed by atoms with Gasteiger partial charge in [0, 0.05) is 28.8 Å². The summed E-state index contributed by atoms with van der Waals surface area (Å²) in [5, 5.41) is 4.56. The zero-order chi connectivity index (χ0) is 14.7. The summed E-state index contributed by atoms with van der Waals surface area (Å²) in [7, 11) is 3.30. The van der Waals surface area contributed by atoms with Crippen LogP contribution in [0.25, 0.3) is 0 Å². The largest absolute Gasteiger partial charge is 0.497 e. The van der Waals surface area contributed by atoms with Crippen LogP contribution in [0.5, 0.6) is 11.5 Å². The molecule has 0 spiro atoms. The third kappa shape index (κ3) is 3.22. The molecular formula is C15H20N2O2S. The number of hydrogen-bond donors (Lipinski definition) is 1. The van der Waals surface area contributed by atoms with Crippen molar-refractivity contribution in [3.8, 4) is 11.5 Å². The Balaban J connectivity index is 2.22. The van der Waals surface area contributed by atoms with Crippen molar-refractivity contribution in [3.05, 3.63) is 33.8 Å². The summed E-state index contributed by atoms with van der Waals surface area (Å²) in [5.41, 5.74) is 2.06. The summed E-state index contributed by atoms with van der Waals surface area (Å²) in [6.45, 7) is 6.21. The molecule has 2 rings (SSSR count). The van der Waals surface area contributed by atoms with Gasteiger partial charge in [-0.25, -0.2) is 4.98 Å². The quantitative estimate of drug-likeness (QED) is 0.906. The zero-order valence-electron chi connectivity index (χ0n) is 12.5. The fourth-order valence-electron chi connectivity index (χ4n) is 2.16. The Kier molecular flexibility index (Phi) is 4.49. The Bertz CT molecular complexity index is 573. The topological polar surface area (TPSA) is 43.4 Å². The summed E-state index contributed by atoms with van der Waals surface area (Å²) in [6, 6.07) is 5.97. The number of ether oxygens (including phenoxy) is 2. The number of thiazole rings is 1. The van der Waals surface area contributed by atoms with Gasteiger partial charge in [0.1, 0.15) is 11.5 Å². The van der Waals surface area contributed by atoms with Gasteiger partial charge in [-0.2, -0.15) is 0 Å². The first-order valence-corrected chi connectivity index (χ1v) is 7.28. The lowest BCUT2D eigenvalue weighted by Crippen LogP contribution is -2.06. The molecule has 0 amide bonds. The zero-order valence-corrected chi connectivity index (χ0v) is 13.3. The standard InChI is InChI=1S/C15H20N2O2S/c1-9-15(20-11(3)16-9)10(2)17-12-6-13(18-4)8-14(7-12)19-5/h6-8,10,17H,1-5H3. The third-order valence-electron chi connectivity index (χ3n) is 3.07. The molecule has 0 fully saturated rings. The molecule has 2 aromatic rings. The molecule has 1 aromatic carbocycles. The monoisotopic (exact) mass is 292 g/mol. The van der Waals surface area contributed by atoms with Gasteiger partial charge in [-0.3, -0.25) is 0 Å². The molecule has 1 aromatic heterocycles. The smallest absolute Gasteiger partial charge is 0.124 e. The molecule has 1 atom stereocenters. The first kappa shape index (κ1) is 14.7. The van der Waals surface area contributed by atoms with E-state index in [9.17, 15) is 0 Å². The SMILES string of the molecule is COc1cc(NC(C)c2sc(C)nc2C)cc(OC)c1. The van der Waals surface area contributed by atoms with E-state index in [1.807, 2.05) is 32.0 Å². The Morgan fingerprint density at radius 2 is 1.70 bits per heavy atom. The number of anilines is 1. The number of aromatic nitrogens is 1. The summed E-state index contributed by atoms with van der Waals surface area (Å²) in [6.07, 6.45) is 0. The third-order valence-corrected chi connectivity index (χ3v) is 4.32. The average Bonchev–Trinajstić information content (AvgIpc) is 2.77. The Hall–Kier alpha value is -1.75. The Morgan fingerprint density at radius 1 is 1.10 bits per heavy atom. The molecule has 20 heavy (non-hydrogen) atoms. The van der Waals surface area contributed by atoms with Crippen LogP contribution in [0.15, 0.2) is 18.2 Å². The van der Waals surface area contributed by atoms with Crippen molar-refractivity contribution in [1.29, 1.82) is 0 Å². The maximum atomic E-state index is 5.28. The maximum absolute atomic E-state index is 5.28. The minimum absolute atomic E-state index is 0.193. The van der Waals surface area contributed by atoms with Crippen LogP contribution >= 0.6 is 11.3 Å². The molecule has 0 aliphatic carbocycles. The van der Waals surface area contributed by atoms with E-state index < -0.39 is 0 Å². The van der Waals surface area contributed by atoms with Crippen molar-refractivity contribution in [3.63, 3.8) is 0 Å². The number of rotatable bonds is 5. The first-order chi connectivity index (χ1) is 9.53. The van der Waals surface area contributed by atoms with Crippen LogP contribution < -0.4 is 14.8 Å². The number of nitrogens with zero attached hydrogens (tertiary/aromatic N) is 1. The van der Waals surface area contributed by atoms with Crippen LogP contribution in [0.2, 0.25) is 0 Å². The van der Waals surface area contributed by atoms with Gasteiger partial charge in [0.15, 0.2) is 0 Å². The fraction of sp³-hybridized carbons (Fsp3) is 0.400. The summed E-state index contributed by atoms with van der Waals surface area (Å²) >= 11 is 1.73. The number of methoxy groups -OCH3 is 2. The van der Waals surface area contributed by atoms with Gasteiger partial charge >= 0.3 is 0 Å². The molecule has 1 N–H and O–H groups in total. The molecule has 1 heterocycles. The lowest BCUT2D eigenvalue weighted by Gasteiger charge is -2.16. The summed E-state index contributed by atoms with van der Waals surface area (Å²) in [4.78, 5) is 5.72. The average molecular weight is 292 g/mol. The Morgan fingerprint density at radius 3 is 2.15 bits per heavy atom. The van der Waals surface area contributed by atoms with Gasteiger partial charge in [-0.05, 0) is 20.8 Å². The highest BCUT2D eigenvalue weighted by Gasteiger charge is 2.13. The van der Waals surface area contributed by atoms with Crippen LogP contribution in [-0.2, 0) is 0 Å². The lowest BCUT2D eigenvalue weighted by molar-refractivity contribution is 0.394. The molecule has 4 nitrogen and oxygen atoms in total. The molecule has 1 unspecified atom stereocenters. The van der Waals surface area contributed by atoms with E-state index in [-0.39, 0.29) is 6.04 Å². The maximum Gasteiger partial charge on any atom is 0.124 e. The highest BCUT2D eigenvalue weighted by molar-refractivity contribution is 7.11. The normalized spacial score (nSPS) is 12.1. The molecular weight excluding hydrogens is 272 g/mol. The van der Waals surface area contributed by atoms with E-state index in [4.69, 9.17) is 9.47 Å². The van der Waals surface area contributed by atoms with Gasteiger partial charge in [0.05, 0.1) is 31.0 Å². The van der Waals surface area contributed by atoms with Gasteiger partial charge in [-0.15, -0.1) is 11.3 Å². The van der Waals surface area contributed by atoms with Crippen molar-refractivity contribution < 1.29 is 9.47 Å². The molecule has 0 saturated heterocycles. The highest BCUT2D eigenvalue weighted by Crippen LogP contribution is 2.31. The minimum Gasteiger partial charge on any atom is -0.497 e. The van der Waals surface area contributed by atoms with Crippen molar-refractivity contribution >= 4 is 17.0 Å². The fourth-order valence-corrected chi connectivity index (χ4v) is 3.08. The highest BCUT2D eigenvalue weighted by atomic mass is 32.1. The van der Waals surface area contributed by atoms with E-state index in [0.29, 0.717) is 0 Å². The molecule has 108 valence electrons. The van der Waals surface area contributed by atoms with E-state index in [1.54, 1.807) is 25.6 Å². The molecule has 0 aliphatic heterocycles. The molecule has 5 heteroatoms. The predicted molar refractivity (Wildman–Crippen MR) is 83.2 cm³/mol. The van der Waals surface area contributed by atoms with E-state index in [2.05, 4.69) is 17.2 Å². The van der Waals surface area contributed by atoms with Gasteiger partial charge in [-0.1, -0.05) is 0 Å². The van der Waals surface area contributed by atoms with Crippen molar-refractivity contribution in [1.82, 2.24) is 4.98 Å². The second-order valence-electron chi connectivity index (χ2n) is 4.65. The van der Waals surface area contributed by atoms with Crippen LogP contribution in [0.3, 0.4) is 0 Å². The number of benzene rings is 1. The van der Waals surface area contributed by atoms with Crippen LogP contribution in [0, 0.1) is 13.8 Å². The number of nitrogens with one attached hydrogen (secondary N) is 1. The second-order valence-corrected chi connectivity index (χ2v) is 5.88. The van der Waals surface area contributed by atoms with E-state index in [0.717, 1.165) is 27.9 Å². The molecule has 0 saturated carbocycles. The van der Waals surface area contributed by atoms with Gasteiger partial charge in [0.2, 0.25) is 0 Å². The predicted octanol–water partition coefficient (Wildman–Crippen LogP) is 3.95. The van der Waals surface area contributed by atoms with Crippen molar-refractivity contribution in [2.24, 2.45) is 0 Å². The van der Waals surface area contributed by atoms with Crippen LogP contribution in [0.4, 0.5) is 5.69 Å². The molecule has 0 bridgehead atoms. The van der Waals surface area contributed by atoms with Crippen molar-refractivity contribution in [2.75, 3.05) is 19.5 Å². The molecule has 0 radical (unpaired) electrons. The van der Waals surface area contributed by atoms with Gasteiger partial charge < -0.3 is 14.8 Å². The number of aryl methyl sites for hydroxylation is 2. The van der Waals surface area contributed by atoms with Crippen LogP contribution in [-0.4, -0.2) is 19.2 Å². The second kappa shape index (κ2) is 6.13. The summed E-state index contributed by atoms with van der Waals surface area (Å²) in [5.74, 6) is 1.55. The van der Waals surface area contributed by atoms with Gasteiger partial charge in [0.25, 0.3) is 0 Å². The van der Waals surface area contributed by atoms with E-state index >= 15 is 0 Å². The molecule has 0 aliphatic rings. The Labute approximate surface area is 123 Å². The van der Waals surface area contributed by atoms with Crippen LogP contribution in [0.1, 0.15) is 28.5 Å². The van der Waals surface area contributed by atoms with Crippen molar-refractivity contribution in [2.45, 2.75) is 26.8 Å². The van der Waals surface area contributed by atoms with E-state index in [1.165, 1.54) is 4.88 Å². The summed E-state index contributed by atoms with van der Waals surface area (Å²) < 4.78 is 10.6. The minimum atomic E-state index is 0.193. The lowest BCUT2D eigenvalue weighted by atomic mass is 10.2.